The van der Waals surface area contributed by atoms with E-state index in [0.29, 0.717) is 18.7 Å². The van der Waals surface area contributed by atoms with Gasteiger partial charge in [-0.05, 0) is 38.5 Å². The Hall–Kier alpha value is -2.95. The van der Waals surface area contributed by atoms with Crippen molar-refractivity contribution in [3.05, 3.63) is 54.2 Å². The molecule has 0 aliphatic rings. The quantitative estimate of drug-likeness (QED) is 0.634. The van der Waals surface area contributed by atoms with Crippen LogP contribution in [0, 0.1) is 0 Å². The third kappa shape index (κ3) is 4.25. The fourth-order valence-corrected chi connectivity index (χ4v) is 3.16. The Morgan fingerprint density at radius 1 is 1.04 bits per heavy atom. The molecule has 1 amide bonds. The Kier molecular flexibility index (Phi) is 6.01. The second kappa shape index (κ2) is 8.62. The van der Waals surface area contributed by atoms with Gasteiger partial charge < -0.3 is 9.64 Å². The maximum Gasteiger partial charge on any atom is 0.222 e. The van der Waals surface area contributed by atoms with E-state index in [1.54, 1.807) is 7.11 Å². The maximum atomic E-state index is 12.5. The first-order chi connectivity index (χ1) is 13.2. The Morgan fingerprint density at radius 2 is 1.78 bits per heavy atom. The number of hydrogen-bond acceptors (Lipinski definition) is 4. The molecular formula is C22H25N3O2. The fraction of sp³-hybridized carbons (Fsp3) is 0.318. The van der Waals surface area contributed by atoms with Crippen molar-refractivity contribution in [1.29, 1.82) is 0 Å². The van der Waals surface area contributed by atoms with Crippen molar-refractivity contribution in [2.24, 2.45) is 0 Å². The summed E-state index contributed by atoms with van der Waals surface area (Å²) in [6.07, 6.45) is 1.00. The monoisotopic (exact) mass is 363 g/mol. The third-order valence-electron chi connectivity index (χ3n) is 4.71. The highest BCUT2D eigenvalue weighted by Crippen LogP contribution is 2.26. The van der Waals surface area contributed by atoms with Gasteiger partial charge in [-0.25, -0.2) is 9.97 Å². The van der Waals surface area contributed by atoms with Crippen molar-refractivity contribution in [2.75, 3.05) is 20.2 Å². The van der Waals surface area contributed by atoms with Crippen molar-refractivity contribution in [1.82, 2.24) is 14.9 Å². The van der Waals surface area contributed by atoms with Crippen LogP contribution in [0.2, 0.25) is 0 Å². The number of benzene rings is 2. The number of fused-ring (bicyclic) bond motifs is 1. The van der Waals surface area contributed by atoms with Gasteiger partial charge in [0.1, 0.15) is 5.75 Å². The number of hydrogen-bond donors (Lipinski definition) is 0. The van der Waals surface area contributed by atoms with E-state index in [-0.39, 0.29) is 5.91 Å². The normalized spacial score (nSPS) is 10.8. The van der Waals surface area contributed by atoms with Gasteiger partial charge in [-0.3, -0.25) is 4.79 Å². The summed E-state index contributed by atoms with van der Waals surface area (Å²) in [5, 5.41) is 0.932. The van der Waals surface area contributed by atoms with Crippen LogP contribution < -0.4 is 4.74 Å². The Bertz CT molecular complexity index is 921. The second-order valence-corrected chi connectivity index (χ2v) is 6.31. The molecule has 3 aromatic rings. The number of ether oxygens (including phenoxy) is 1. The Labute approximate surface area is 160 Å². The standard InChI is InChI=1S/C22H25N3O2/c1-4-25(5-2)21(26)14-13-20-18-15-17(27-3)11-12-19(18)23-22(24-20)16-9-7-6-8-10-16/h6-12,15H,4-5,13-14H2,1-3H3. The first kappa shape index (κ1) is 18.8. The summed E-state index contributed by atoms with van der Waals surface area (Å²) in [5.41, 5.74) is 2.69. The molecular weight excluding hydrogens is 338 g/mol. The van der Waals surface area contributed by atoms with Gasteiger partial charge in [0, 0.05) is 30.5 Å². The number of rotatable bonds is 7. The van der Waals surface area contributed by atoms with Crippen molar-refractivity contribution >= 4 is 16.8 Å². The highest BCUT2D eigenvalue weighted by molar-refractivity contribution is 5.85. The van der Waals surface area contributed by atoms with Crippen LogP contribution in [0.4, 0.5) is 0 Å². The molecule has 0 atom stereocenters. The van der Waals surface area contributed by atoms with Crippen LogP contribution in [0.15, 0.2) is 48.5 Å². The van der Waals surface area contributed by atoms with Gasteiger partial charge in [-0.1, -0.05) is 30.3 Å². The number of nitrogens with zero attached hydrogens (tertiary/aromatic N) is 3. The van der Waals surface area contributed by atoms with Gasteiger partial charge in [0.2, 0.25) is 5.91 Å². The Morgan fingerprint density at radius 3 is 2.44 bits per heavy atom. The largest absolute Gasteiger partial charge is 0.497 e. The number of carbonyl (C=O) groups is 1. The van der Waals surface area contributed by atoms with Crippen molar-refractivity contribution < 1.29 is 9.53 Å². The predicted octanol–water partition coefficient (Wildman–Crippen LogP) is 4.11. The van der Waals surface area contributed by atoms with Crippen LogP contribution >= 0.6 is 0 Å². The molecule has 0 aliphatic carbocycles. The minimum atomic E-state index is 0.149. The van der Waals surface area contributed by atoms with E-state index in [1.807, 2.05) is 67.3 Å². The number of aromatic nitrogens is 2. The molecule has 5 heteroatoms. The van der Waals surface area contributed by atoms with E-state index in [1.165, 1.54) is 0 Å². The molecule has 5 nitrogen and oxygen atoms in total. The average molecular weight is 363 g/mol. The lowest BCUT2D eigenvalue weighted by Crippen LogP contribution is -2.30. The number of carbonyl (C=O) groups excluding carboxylic acids is 1. The lowest BCUT2D eigenvalue weighted by atomic mass is 10.1. The zero-order chi connectivity index (χ0) is 19.2. The van der Waals surface area contributed by atoms with E-state index >= 15 is 0 Å². The minimum absolute atomic E-state index is 0.149. The fourth-order valence-electron chi connectivity index (χ4n) is 3.16. The molecule has 0 saturated heterocycles. The third-order valence-corrected chi connectivity index (χ3v) is 4.71. The zero-order valence-corrected chi connectivity index (χ0v) is 16.1. The van der Waals surface area contributed by atoms with Gasteiger partial charge in [0.05, 0.1) is 18.3 Å². The summed E-state index contributed by atoms with van der Waals surface area (Å²) in [7, 11) is 1.64. The summed E-state index contributed by atoms with van der Waals surface area (Å²) >= 11 is 0. The molecule has 2 aromatic carbocycles. The molecule has 140 valence electrons. The molecule has 0 fully saturated rings. The zero-order valence-electron chi connectivity index (χ0n) is 16.1. The highest BCUT2D eigenvalue weighted by atomic mass is 16.5. The van der Waals surface area contributed by atoms with E-state index in [9.17, 15) is 4.79 Å². The van der Waals surface area contributed by atoms with Gasteiger partial charge in [-0.2, -0.15) is 0 Å². The SMILES string of the molecule is CCN(CC)C(=O)CCc1nc(-c2ccccc2)nc2ccc(OC)cc12. The van der Waals surface area contributed by atoms with Crippen molar-refractivity contribution in [3.63, 3.8) is 0 Å². The summed E-state index contributed by atoms with van der Waals surface area (Å²) in [6.45, 7) is 5.45. The summed E-state index contributed by atoms with van der Waals surface area (Å²) in [6, 6.07) is 15.7. The molecule has 0 aliphatic heterocycles. The lowest BCUT2D eigenvalue weighted by Gasteiger charge is -2.18. The summed E-state index contributed by atoms with van der Waals surface area (Å²) < 4.78 is 5.36. The van der Waals surface area contributed by atoms with Crippen LogP contribution in [-0.2, 0) is 11.2 Å². The molecule has 0 N–H and O–H groups in total. The van der Waals surface area contributed by atoms with Crippen LogP contribution in [0.1, 0.15) is 26.0 Å². The Balaban J connectivity index is 2.00. The maximum absolute atomic E-state index is 12.5. The molecule has 3 rings (SSSR count). The summed E-state index contributed by atoms with van der Waals surface area (Å²) in [4.78, 5) is 23.8. The topological polar surface area (TPSA) is 55.3 Å². The number of amides is 1. The van der Waals surface area contributed by atoms with Gasteiger partial charge in [0.25, 0.3) is 0 Å². The van der Waals surface area contributed by atoms with Gasteiger partial charge >= 0.3 is 0 Å². The van der Waals surface area contributed by atoms with Crippen molar-refractivity contribution in [3.8, 4) is 17.1 Å². The van der Waals surface area contributed by atoms with Crippen LogP contribution in [0.25, 0.3) is 22.3 Å². The molecule has 1 aromatic heterocycles. The van der Waals surface area contributed by atoms with E-state index in [4.69, 9.17) is 14.7 Å². The van der Waals surface area contributed by atoms with E-state index < -0.39 is 0 Å². The lowest BCUT2D eigenvalue weighted by molar-refractivity contribution is -0.130. The molecule has 0 bridgehead atoms. The molecule has 0 saturated carbocycles. The van der Waals surface area contributed by atoms with E-state index in [2.05, 4.69) is 0 Å². The average Bonchev–Trinajstić information content (AvgIpc) is 2.73. The summed E-state index contributed by atoms with van der Waals surface area (Å²) in [5.74, 6) is 1.59. The van der Waals surface area contributed by atoms with Crippen LogP contribution in [0.5, 0.6) is 5.75 Å². The predicted molar refractivity (Wildman–Crippen MR) is 108 cm³/mol. The smallest absolute Gasteiger partial charge is 0.222 e. The first-order valence-electron chi connectivity index (χ1n) is 9.34. The van der Waals surface area contributed by atoms with Crippen LogP contribution in [-0.4, -0.2) is 41.0 Å². The molecule has 1 heterocycles. The van der Waals surface area contributed by atoms with E-state index in [0.717, 1.165) is 41.0 Å². The molecule has 27 heavy (non-hydrogen) atoms. The minimum Gasteiger partial charge on any atom is -0.497 e. The first-order valence-corrected chi connectivity index (χ1v) is 9.34. The van der Waals surface area contributed by atoms with Crippen molar-refractivity contribution in [2.45, 2.75) is 26.7 Å². The molecule has 0 spiro atoms. The van der Waals surface area contributed by atoms with Gasteiger partial charge in [0.15, 0.2) is 5.82 Å². The molecule has 0 radical (unpaired) electrons. The highest BCUT2D eigenvalue weighted by Gasteiger charge is 2.14. The second-order valence-electron chi connectivity index (χ2n) is 6.31. The van der Waals surface area contributed by atoms with Crippen LogP contribution in [0.3, 0.4) is 0 Å². The van der Waals surface area contributed by atoms with Gasteiger partial charge in [-0.15, -0.1) is 0 Å². The number of methoxy groups -OCH3 is 1. The molecule has 0 unspecified atom stereocenters. The number of aryl methyl sites for hydroxylation is 1.